The summed E-state index contributed by atoms with van der Waals surface area (Å²) in [6.45, 7) is 21.3. The molecule has 2 aromatic rings. The molecule has 4 bridgehead atoms. The fourth-order valence-corrected chi connectivity index (χ4v) is 10.5. The number of allylic oxidation sites excluding steroid dienone is 2. The summed E-state index contributed by atoms with van der Waals surface area (Å²) in [6, 6.07) is 15.4. The van der Waals surface area contributed by atoms with Gasteiger partial charge in [0, 0.05) is 22.2 Å². The van der Waals surface area contributed by atoms with Crippen molar-refractivity contribution in [1.82, 2.24) is 0 Å². The van der Waals surface area contributed by atoms with Gasteiger partial charge in [-0.05, 0) is 113 Å². The lowest BCUT2D eigenvalue weighted by Gasteiger charge is -2.38. The molecule has 4 aliphatic carbocycles. The second-order valence-electron chi connectivity index (χ2n) is 17.7. The first-order chi connectivity index (χ1) is 24.5. The first-order valence-electron chi connectivity index (χ1n) is 19.1. The topological polar surface area (TPSA) is 101 Å². The highest BCUT2D eigenvalue weighted by Crippen LogP contribution is 2.67. The fraction of sp³-hybridized carbons (Fsp3) is 0.545. The molecule has 7 rings (SSSR count). The number of rotatable bonds is 4. The Bertz CT molecular complexity index is 1810. The van der Waals surface area contributed by atoms with E-state index in [9.17, 15) is 9.59 Å². The number of carbonyl (C=O) groups is 2. The number of anilines is 2. The number of hydrogen-bond donors (Lipinski definition) is 2. The highest BCUT2D eigenvalue weighted by atomic mass is 16.5. The van der Waals surface area contributed by atoms with E-state index in [0.29, 0.717) is 68.5 Å². The van der Waals surface area contributed by atoms with Crippen LogP contribution in [0.25, 0.3) is 0 Å². The number of carbonyl (C=O) groups excluding carboxylic acids is 2. The monoisotopic (exact) mass is 704 g/mol. The average Bonchev–Trinajstić information content (AvgIpc) is 3.59. The molecule has 8 heteroatoms. The summed E-state index contributed by atoms with van der Waals surface area (Å²) in [5.41, 5.74) is 5.78. The maximum absolute atomic E-state index is 14.3. The fourth-order valence-electron chi connectivity index (χ4n) is 10.5. The van der Waals surface area contributed by atoms with Gasteiger partial charge in [0.2, 0.25) is 0 Å². The van der Waals surface area contributed by atoms with Crippen LogP contribution in [0.2, 0.25) is 0 Å². The van der Waals surface area contributed by atoms with Gasteiger partial charge in [-0.25, -0.2) is 9.59 Å². The lowest BCUT2D eigenvalue weighted by molar-refractivity contribution is -0.152. The zero-order valence-electron chi connectivity index (χ0n) is 32.7. The number of para-hydroxylation sites is 4. The van der Waals surface area contributed by atoms with Gasteiger partial charge in [0.25, 0.3) is 0 Å². The van der Waals surface area contributed by atoms with Gasteiger partial charge in [-0.2, -0.15) is 0 Å². The molecule has 1 heterocycles. The van der Waals surface area contributed by atoms with Crippen molar-refractivity contribution in [3.05, 3.63) is 71.1 Å². The molecule has 276 valence electrons. The Morgan fingerprint density at radius 2 is 0.981 bits per heavy atom. The van der Waals surface area contributed by atoms with E-state index >= 15 is 0 Å². The number of aliphatic imine (C=N–C) groups is 2. The van der Waals surface area contributed by atoms with Gasteiger partial charge in [-0.3, -0.25) is 9.98 Å². The van der Waals surface area contributed by atoms with Crippen molar-refractivity contribution in [2.45, 2.75) is 120 Å². The third-order valence-corrected chi connectivity index (χ3v) is 14.8. The Labute approximate surface area is 309 Å². The molecule has 0 amide bonds. The summed E-state index contributed by atoms with van der Waals surface area (Å²) in [6.07, 6.45) is 5.88. The molecule has 4 fully saturated rings. The smallest absolute Gasteiger partial charge is 0.342 e. The molecule has 1 aliphatic heterocycles. The van der Waals surface area contributed by atoms with Crippen LogP contribution >= 0.6 is 0 Å². The molecule has 0 saturated heterocycles. The quantitative estimate of drug-likeness (QED) is 0.307. The number of nitrogens with zero attached hydrogens (tertiary/aromatic N) is 2. The summed E-state index contributed by atoms with van der Waals surface area (Å²) in [5.74, 6) is 0.313. The van der Waals surface area contributed by atoms with Crippen LogP contribution in [-0.2, 0) is 19.1 Å². The molecule has 0 unspecified atom stereocenters. The minimum absolute atomic E-state index is 0.0782. The Morgan fingerprint density at radius 1 is 0.615 bits per heavy atom. The highest BCUT2D eigenvalue weighted by Gasteiger charge is 2.64. The standard InChI is InChI=1S/C44H56N4O4/c1-25-37(39(49)51-35-23-29-19-21-43(35,9)41(29,5)6)26(2)46-33-17-13-14-18-34(33)48-28(4)38(27(3)47-32-16-12-11-15-31(32)45-25)40(50)52-36-24-30-20-22-44(36,10)42(30,7)8/h11-18,29-30,35-36,45,48H,19-24H2,1-10H3/b37-25+,38-28+,46-26?,47-27?/t29-,30-,35+,36+,43+,44+/m0/s1. The predicted octanol–water partition coefficient (Wildman–Crippen LogP) is 10.5. The van der Waals surface area contributed by atoms with Crippen LogP contribution in [-0.4, -0.2) is 35.6 Å². The first kappa shape index (κ1) is 36.2. The molecule has 6 atom stereocenters. The van der Waals surface area contributed by atoms with E-state index in [1.165, 1.54) is 12.8 Å². The number of ether oxygens (including phenoxy) is 2. The van der Waals surface area contributed by atoms with E-state index in [2.05, 4.69) is 52.2 Å². The normalized spacial score (nSPS) is 34.6. The van der Waals surface area contributed by atoms with Crippen LogP contribution in [0.4, 0.5) is 22.7 Å². The lowest BCUT2D eigenvalue weighted by Crippen LogP contribution is -2.39. The third-order valence-electron chi connectivity index (χ3n) is 14.8. The van der Waals surface area contributed by atoms with E-state index in [0.717, 1.165) is 25.7 Å². The Kier molecular flexibility index (Phi) is 8.86. The number of fused-ring (bicyclic) bond motifs is 6. The Hall–Kier alpha value is -4.20. The first-order valence-corrected chi connectivity index (χ1v) is 19.1. The van der Waals surface area contributed by atoms with E-state index in [1.54, 1.807) is 0 Å². The molecule has 8 nitrogen and oxygen atoms in total. The number of hydrogen-bond acceptors (Lipinski definition) is 8. The van der Waals surface area contributed by atoms with Gasteiger partial charge in [0.05, 0.1) is 45.3 Å². The predicted molar refractivity (Wildman–Crippen MR) is 209 cm³/mol. The second-order valence-corrected chi connectivity index (χ2v) is 17.7. The molecule has 52 heavy (non-hydrogen) atoms. The van der Waals surface area contributed by atoms with Crippen LogP contribution in [0.1, 0.15) is 108 Å². The second kappa shape index (κ2) is 12.7. The minimum atomic E-state index is -0.380. The molecule has 4 saturated carbocycles. The minimum Gasteiger partial charge on any atom is -0.458 e. The van der Waals surface area contributed by atoms with Gasteiger partial charge in [0.15, 0.2) is 0 Å². The zero-order valence-corrected chi connectivity index (χ0v) is 32.7. The van der Waals surface area contributed by atoms with Crippen LogP contribution in [0.5, 0.6) is 0 Å². The molecule has 2 N–H and O–H groups in total. The molecular formula is C44H56N4O4. The number of esters is 2. The molecule has 0 aromatic heterocycles. The molecule has 0 spiro atoms. The van der Waals surface area contributed by atoms with Crippen molar-refractivity contribution in [3.8, 4) is 0 Å². The van der Waals surface area contributed by atoms with Crippen molar-refractivity contribution < 1.29 is 19.1 Å². The molecule has 5 aliphatic rings. The molecular weight excluding hydrogens is 649 g/mol. The summed E-state index contributed by atoms with van der Waals surface area (Å²) in [7, 11) is 0. The lowest BCUT2D eigenvalue weighted by atomic mass is 9.70. The largest absolute Gasteiger partial charge is 0.458 e. The van der Waals surface area contributed by atoms with Crippen molar-refractivity contribution in [1.29, 1.82) is 0 Å². The van der Waals surface area contributed by atoms with Crippen molar-refractivity contribution >= 4 is 46.1 Å². The summed E-state index contributed by atoms with van der Waals surface area (Å²) in [4.78, 5) is 38.8. The summed E-state index contributed by atoms with van der Waals surface area (Å²) < 4.78 is 12.9. The third kappa shape index (κ3) is 5.63. The van der Waals surface area contributed by atoms with Crippen molar-refractivity contribution in [2.75, 3.05) is 10.6 Å². The highest BCUT2D eigenvalue weighted by molar-refractivity contribution is 6.22. The van der Waals surface area contributed by atoms with Crippen molar-refractivity contribution in [2.24, 2.45) is 43.5 Å². The van der Waals surface area contributed by atoms with E-state index in [4.69, 9.17) is 19.5 Å². The number of benzene rings is 2. The molecule has 2 aromatic carbocycles. The van der Waals surface area contributed by atoms with Crippen LogP contribution in [0.3, 0.4) is 0 Å². The van der Waals surface area contributed by atoms with E-state index in [1.807, 2.05) is 76.2 Å². The van der Waals surface area contributed by atoms with E-state index in [-0.39, 0.29) is 45.8 Å². The van der Waals surface area contributed by atoms with Crippen LogP contribution in [0.15, 0.2) is 81.1 Å². The van der Waals surface area contributed by atoms with Crippen LogP contribution < -0.4 is 10.6 Å². The summed E-state index contributed by atoms with van der Waals surface area (Å²) >= 11 is 0. The maximum atomic E-state index is 14.3. The van der Waals surface area contributed by atoms with Crippen molar-refractivity contribution in [3.63, 3.8) is 0 Å². The van der Waals surface area contributed by atoms with Gasteiger partial charge < -0.3 is 20.1 Å². The van der Waals surface area contributed by atoms with Gasteiger partial charge in [-0.1, -0.05) is 65.8 Å². The van der Waals surface area contributed by atoms with Gasteiger partial charge >= 0.3 is 11.9 Å². The maximum Gasteiger partial charge on any atom is 0.342 e. The Balaban J connectivity index is 1.29. The van der Waals surface area contributed by atoms with Gasteiger partial charge in [-0.15, -0.1) is 0 Å². The summed E-state index contributed by atoms with van der Waals surface area (Å²) in [5, 5.41) is 6.99. The Morgan fingerprint density at radius 3 is 1.31 bits per heavy atom. The zero-order chi connectivity index (χ0) is 37.4. The van der Waals surface area contributed by atoms with Gasteiger partial charge in [0.1, 0.15) is 12.2 Å². The number of nitrogens with one attached hydrogen (secondary N) is 2. The molecule has 0 radical (unpaired) electrons. The van der Waals surface area contributed by atoms with E-state index < -0.39 is 0 Å². The van der Waals surface area contributed by atoms with Crippen LogP contribution in [0, 0.1) is 33.5 Å². The SMILES string of the molecule is CC1=Nc2ccccc2N/C(C)=C(/C(=O)O[C@@H]2C[C@@H]3CC[C@@]2(C)C3(C)C)C(C)=Nc2ccccc2N/C(C)=C\1C(=O)O[C@@H]1C[C@@H]2CC[C@@]1(C)C2(C)C. The average molecular weight is 705 g/mol.